The van der Waals surface area contributed by atoms with Gasteiger partial charge in [-0.25, -0.2) is 9.78 Å². The first kappa shape index (κ1) is 27.2. The van der Waals surface area contributed by atoms with Crippen molar-refractivity contribution in [2.75, 3.05) is 54.7 Å². The van der Waals surface area contributed by atoms with E-state index in [1.165, 1.54) is 0 Å². The summed E-state index contributed by atoms with van der Waals surface area (Å²) < 4.78 is 10.9. The number of nitrogens with zero attached hydrogens (tertiary/aromatic N) is 2. The number of fused-ring (bicyclic) bond motifs is 1. The fourth-order valence-corrected chi connectivity index (χ4v) is 4.46. The van der Waals surface area contributed by atoms with E-state index in [0.29, 0.717) is 53.4 Å². The first-order valence-electron chi connectivity index (χ1n) is 12.0. The van der Waals surface area contributed by atoms with Gasteiger partial charge in [0.1, 0.15) is 11.5 Å². The Morgan fingerprint density at radius 2 is 1.66 bits per heavy atom. The van der Waals surface area contributed by atoms with E-state index in [2.05, 4.69) is 21.1 Å². The van der Waals surface area contributed by atoms with E-state index in [0.717, 1.165) is 22.2 Å². The number of nitrogens with one attached hydrogen (secondary N) is 3. The van der Waals surface area contributed by atoms with Crippen LogP contribution in [0.5, 0.6) is 11.5 Å². The zero-order chi connectivity index (χ0) is 26.9. The van der Waals surface area contributed by atoms with Crippen molar-refractivity contribution in [3.05, 3.63) is 72.8 Å². The number of alkyl halides is 2. The summed E-state index contributed by atoms with van der Waals surface area (Å²) in [7, 11) is 3.22. The summed E-state index contributed by atoms with van der Waals surface area (Å²) in [6.45, 7) is 1.38. The number of hydrogen-bond donors (Lipinski definition) is 3. The number of rotatable bonds is 11. The number of aromatic nitrogens is 1. The van der Waals surface area contributed by atoms with Gasteiger partial charge < -0.3 is 19.7 Å². The van der Waals surface area contributed by atoms with Gasteiger partial charge in [-0.05, 0) is 54.6 Å². The molecule has 4 rings (SSSR count). The van der Waals surface area contributed by atoms with Crippen molar-refractivity contribution in [2.45, 2.75) is 0 Å². The van der Waals surface area contributed by atoms with Crippen LogP contribution >= 0.6 is 23.2 Å². The SMILES string of the molecule is COc1ccc(OC)c(-c2cc(NNC(=O)Nc3ccc(N(CCCl)CCCl)cc3)c3ccccc3n2)c1. The molecule has 0 aliphatic rings. The molecule has 0 aliphatic heterocycles. The Morgan fingerprint density at radius 1 is 0.921 bits per heavy atom. The van der Waals surface area contributed by atoms with Gasteiger partial charge in [0.25, 0.3) is 0 Å². The molecule has 1 heterocycles. The maximum absolute atomic E-state index is 12.7. The number of halogens is 2. The number of hydrogen-bond acceptors (Lipinski definition) is 6. The van der Waals surface area contributed by atoms with E-state index in [-0.39, 0.29) is 0 Å². The smallest absolute Gasteiger partial charge is 0.337 e. The standard InChI is InChI=1S/C28H29Cl2N5O3/c1-37-21-11-12-27(38-2)23(17-21)25-18-26(22-5-3-4-6-24(22)32-25)33-34-28(36)31-19-7-9-20(10-8-19)35(15-13-29)16-14-30/h3-12,17-18H,13-16H2,1-2H3,(H,32,33)(H2,31,34,36). The first-order chi connectivity index (χ1) is 18.6. The van der Waals surface area contributed by atoms with Crippen LogP contribution in [0.2, 0.25) is 0 Å². The second-order valence-electron chi connectivity index (χ2n) is 8.25. The molecule has 3 N–H and O–H groups in total. The molecule has 0 saturated heterocycles. The van der Waals surface area contributed by atoms with Crippen molar-refractivity contribution < 1.29 is 14.3 Å². The number of anilines is 3. The van der Waals surface area contributed by atoms with Crippen molar-refractivity contribution in [3.8, 4) is 22.8 Å². The number of para-hydroxylation sites is 1. The molecule has 3 aromatic carbocycles. The average Bonchev–Trinajstić information content (AvgIpc) is 2.95. The maximum atomic E-state index is 12.7. The molecule has 0 spiro atoms. The number of amides is 2. The van der Waals surface area contributed by atoms with Crippen molar-refractivity contribution in [1.82, 2.24) is 10.4 Å². The predicted octanol–water partition coefficient (Wildman–Crippen LogP) is 6.35. The maximum Gasteiger partial charge on any atom is 0.337 e. The van der Waals surface area contributed by atoms with Gasteiger partial charge in [-0.15, -0.1) is 23.2 Å². The second-order valence-corrected chi connectivity index (χ2v) is 9.01. The average molecular weight is 554 g/mol. The van der Waals surface area contributed by atoms with Crippen LogP contribution in [0.3, 0.4) is 0 Å². The summed E-state index contributed by atoms with van der Waals surface area (Å²) in [6.07, 6.45) is 0. The Hall–Kier alpha value is -3.88. The van der Waals surface area contributed by atoms with Crippen LogP contribution in [0.4, 0.5) is 21.9 Å². The lowest BCUT2D eigenvalue weighted by Gasteiger charge is -2.23. The van der Waals surface area contributed by atoms with Gasteiger partial charge in [-0.2, -0.15) is 0 Å². The molecule has 0 radical (unpaired) electrons. The zero-order valence-corrected chi connectivity index (χ0v) is 22.6. The molecule has 1 aromatic heterocycles. The molecule has 0 saturated carbocycles. The fraction of sp³-hybridized carbons (Fsp3) is 0.214. The summed E-state index contributed by atoms with van der Waals surface area (Å²) in [5.41, 5.74) is 10.3. The quantitative estimate of drug-likeness (QED) is 0.148. The number of urea groups is 1. The number of benzene rings is 3. The molecule has 4 aromatic rings. The molecule has 38 heavy (non-hydrogen) atoms. The number of ether oxygens (including phenoxy) is 2. The highest BCUT2D eigenvalue weighted by Gasteiger charge is 2.14. The Kier molecular flexibility index (Phi) is 9.35. The van der Waals surface area contributed by atoms with Gasteiger partial charge in [-0.3, -0.25) is 10.9 Å². The van der Waals surface area contributed by atoms with Crippen molar-refractivity contribution in [1.29, 1.82) is 0 Å². The molecule has 198 valence electrons. The minimum atomic E-state index is -0.419. The van der Waals surface area contributed by atoms with Crippen molar-refractivity contribution in [2.24, 2.45) is 0 Å². The van der Waals surface area contributed by atoms with Gasteiger partial charge >= 0.3 is 6.03 Å². The van der Waals surface area contributed by atoms with Gasteiger partial charge in [0, 0.05) is 47.2 Å². The van der Waals surface area contributed by atoms with Crippen molar-refractivity contribution >= 4 is 57.2 Å². The largest absolute Gasteiger partial charge is 0.497 e. The minimum absolute atomic E-state index is 0.419. The number of carbonyl (C=O) groups excluding carboxylic acids is 1. The summed E-state index contributed by atoms with van der Waals surface area (Å²) in [5, 5.41) is 3.68. The Labute approximate surface area is 231 Å². The zero-order valence-electron chi connectivity index (χ0n) is 21.1. The van der Waals surface area contributed by atoms with E-state index >= 15 is 0 Å². The molecular formula is C28H29Cl2N5O3. The minimum Gasteiger partial charge on any atom is -0.497 e. The number of pyridine rings is 1. The fourth-order valence-electron chi connectivity index (χ4n) is 4.05. The van der Waals surface area contributed by atoms with E-state index in [1.807, 2.05) is 72.8 Å². The van der Waals surface area contributed by atoms with Gasteiger partial charge in [0.15, 0.2) is 0 Å². The number of methoxy groups -OCH3 is 2. The summed E-state index contributed by atoms with van der Waals surface area (Å²) in [4.78, 5) is 19.6. The molecular weight excluding hydrogens is 525 g/mol. The highest BCUT2D eigenvalue weighted by atomic mass is 35.5. The van der Waals surface area contributed by atoms with E-state index in [1.54, 1.807) is 14.2 Å². The molecule has 8 nitrogen and oxygen atoms in total. The third-order valence-electron chi connectivity index (χ3n) is 5.91. The van der Waals surface area contributed by atoms with Gasteiger partial charge in [0.2, 0.25) is 0 Å². The van der Waals surface area contributed by atoms with Crippen LogP contribution in [0.15, 0.2) is 72.8 Å². The van der Waals surface area contributed by atoms with Crippen LogP contribution in [0.25, 0.3) is 22.2 Å². The summed E-state index contributed by atoms with van der Waals surface area (Å²) in [6, 6.07) is 22.2. The lowest BCUT2D eigenvalue weighted by atomic mass is 10.1. The van der Waals surface area contributed by atoms with Crippen LogP contribution in [-0.4, -0.2) is 50.1 Å². The normalized spacial score (nSPS) is 10.6. The molecule has 2 amide bonds. The third-order valence-corrected chi connectivity index (χ3v) is 6.25. The summed E-state index contributed by atoms with van der Waals surface area (Å²) in [5.74, 6) is 2.34. The molecule has 0 unspecified atom stereocenters. The predicted molar refractivity (Wildman–Crippen MR) is 156 cm³/mol. The topological polar surface area (TPSA) is 87.8 Å². The van der Waals surface area contributed by atoms with E-state index in [4.69, 9.17) is 37.7 Å². The third kappa shape index (κ3) is 6.51. The monoisotopic (exact) mass is 553 g/mol. The lowest BCUT2D eigenvalue weighted by Crippen LogP contribution is -2.33. The molecule has 0 fully saturated rings. The second kappa shape index (κ2) is 13.1. The highest BCUT2D eigenvalue weighted by molar-refractivity contribution is 6.18. The lowest BCUT2D eigenvalue weighted by molar-refractivity contribution is 0.254. The molecule has 10 heteroatoms. The first-order valence-corrected chi connectivity index (χ1v) is 13.0. The summed E-state index contributed by atoms with van der Waals surface area (Å²) >= 11 is 11.8. The van der Waals surface area contributed by atoms with E-state index < -0.39 is 6.03 Å². The van der Waals surface area contributed by atoms with Gasteiger partial charge in [-0.1, -0.05) is 18.2 Å². The number of carbonyl (C=O) groups is 1. The van der Waals surface area contributed by atoms with E-state index in [9.17, 15) is 4.79 Å². The van der Waals surface area contributed by atoms with Crippen LogP contribution in [0.1, 0.15) is 0 Å². The Bertz CT molecular complexity index is 1380. The molecule has 0 atom stereocenters. The Morgan fingerprint density at radius 3 is 2.34 bits per heavy atom. The van der Waals surface area contributed by atoms with Crippen LogP contribution < -0.4 is 30.5 Å². The highest BCUT2D eigenvalue weighted by Crippen LogP contribution is 2.35. The van der Waals surface area contributed by atoms with Crippen molar-refractivity contribution in [3.63, 3.8) is 0 Å². The molecule has 0 bridgehead atoms. The van der Waals surface area contributed by atoms with Crippen LogP contribution in [-0.2, 0) is 0 Å². The van der Waals surface area contributed by atoms with Crippen LogP contribution in [0, 0.1) is 0 Å². The number of hydrazine groups is 1. The van der Waals surface area contributed by atoms with Gasteiger partial charge in [0.05, 0.1) is 31.1 Å². The Balaban J connectivity index is 1.52. The molecule has 0 aliphatic carbocycles.